The van der Waals surface area contributed by atoms with Crippen LogP contribution in [0.25, 0.3) is 11.3 Å². The summed E-state index contributed by atoms with van der Waals surface area (Å²) >= 11 is 0. The van der Waals surface area contributed by atoms with Crippen molar-refractivity contribution < 1.29 is 22.7 Å². The van der Waals surface area contributed by atoms with E-state index in [1.165, 1.54) is 12.2 Å². The van der Waals surface area contributed by atoms with E-state index in [0.29, 0.717) is 30.0 Å². The maximum atomic E-state index is 13.3. The largest absolute Gasteiger partial charge is 0.493 e. The topological polar surface area (TPSA) is 42.4 Å². The van der Waals surface area contributed by atoms with E-state index in [0.717, 1.165) is 11.1 Å². The van der Waals surface area contributed by atoms with Gasteiger partial charge in [0.05, 0.1) is 18.3 Å². The molecule has 0 N–H and O–H groups in total. The van der Waals surface area contributed by atoms with Gasteiger partial charge < -0.3 is 9.64 Å². The number of benzene rings is 1. The lowest BCUT2D eigenvalue weighted by molar-refractivity contribution is -0.119. The number of para-hydroxylation sites is 1. The molecule has 0 saturated heterocycles. The maximum absolute atomic E-state index is 13.3. The van der Waals surface area contributed by atoms with Gasteiger partial charge in [0.15, 0.2) is 0 Å². The molecule has 0 bridgehead atoms. The maximum Gasteiger partial charge on any atom is 0.255 e. The SMILES string of the molecule is O=C1c2ccnc(-c3ccccc3OCC3CC(F)(F)C3)c2CN1C1C=CC(F)=CC1. The van der Waals surface area contributed by atoms with E-state index in [-0.39, 0.29) is 43.1 Å². The smallest absolute Gasteiger partial charge is 0.255 e. The molecule has 2 heterocycles. The molecule has 1 amide bonds. The molecule has 2 aromatic rings. The second-order valence-electron chi connectivity index (χ2n) is 8.31. The summed E-state index contributed by atoms with van der Waals surface area (Å²) in [6.45, 7) is 0.586. The number of hydrogen-bond donors (Lipinski definition) is 0. The van der Waals surface area contributed by atoms with Crippen LogP contribution in [0.15, 0.2) is 60.6 Å². The van der Waals surface area contributed by atoms with E-state index in [1.807, 2.05) is 18.2 Å². The third kappa shape index (κ3) is 3.73. The van der Waals surface area contributed by atoms with Gasteiger partial charge in [-0.15, -0.1) is 0 Å². The zero-order valence-electron chi connectivity index (χ0n) is 16.7. The lowest BCUT2D eigenvalue weighted by atomic mass is 9.82. The van der Waals surface area contributed by atoms with Gasteiger partial charge in [-0.05, 0) is 36.8 Å². The van der Waals surface area contributed by atoms with Crippen molar-refractivity contribution in [1.29, 1.82) is 0 Å². The Morgan fingerprint density at radius 3 is 2.71 bits per heavy atom. The molecule has 5 rings (SSSR count). The van der Waals surface area contributed by atoms with Crippen molar-refractivity contribution in [2.45, 2.75) is 37.8 Å². The van der Waals surface area contributed by atoms with Crippen LogP contribution in [0.4, 0.5) is 13.2 Å². The minimum absolute atomic E-state index is 0.112. The molecule has 1 aliphatic heterocycles. The zero-order chi connectivity index (χ0) is 21.6. The molecule has 1 saturated carbocycles. The average Bonchev–Trinajstić information content (AvgIpc) is 3.08. The Hall–Kier alpha value is -3.09. The Morgan fingerprint density at radius 2 is 1.97 bits per heavy atom. The van der Waals surface area contributed by atoms with Crippen molar-refractivity contribution in [3.63, 3.8) is 0 Å². The molecular formula is C24H21F3N2O2. The van der Waals surface area contributed by atoms with Gasteiger partial charge >= 0.3 is 0 Å². The summed E-state index contributed by atoms with van der Waals surface area (Å²) in [6.07, 6.45) is 6.29. The fourth-order valence-electron chi connectivity index (χ4n) is 4.46. The number of halogens is 3. The van der Waals surface area contributed by atoms with Crippen molar-refractivity contribution in [3.05, 3.63) is 71.7 Å². The fraction of sp³-hybridized carbons (Fsp3) is 0.333. The molecule has 0 radical (unpaired) electrons. The highest BCUT2D eigenvalue weighted by Crippen LogP contribution is 2.43. The van der Waals surface area contributed by atoms with Crippen molar-refractivity contribution >= 4 is 5.91 Å². The van der Waals surface area contributed by atoms with Crippen molar-refractivity contribution in [3.8, 4) is 17.0 Å². The van der Waals surface area contributed by atoms with Crippen LogP contribution in [0, 0.1) is 5.92 Å². The lowest BCUT2D eigenvalue weighted by Crippen LogP contribution is -2.38. The van der Waals surface area contributed by atoms with Crippen LogP contribution in [0.2, 0.25) is 0 Å². The van der Waals surface area contributed by atoms with E-state index < -0.39 is 5.92 Å². The monoisotopic (exact) mass is 426 g/mol. The number of rotatable bonds is 5. The third-order valence-electron chi connectivity index (χ3n) is 6.10. The van der Waals surface area contributed by atoms with Crippen molar-refractivity contribution in [2.24, 2.45) is 5.92 Å². The Bertz CT molecular complexity index is 1090. The first-order valence-corrected chi connectivity index (χ1v) is 10.3. The molecule has 7 heteroatoms. The minimum atomic E-state index is -2.58. The molecule has 31 heavy (non-hydrogen) atoms. The van der Waals surface area contributed by atoms with Crippen LogP contribution in [-0.2, 0) is 6.54 Å². The number of aromatic nitrogens is 1. The van der Waals surface area contributed by atoms with Crippen LogP contribution in [0.3, 0.4) is 0 Å². The number of alkyl halides is 2. The van der Waals surface area contributed by atoms with Gasteiger partial charge in [0.2, 0.25) is 5.92 Å². The summed E-state index contributed by atoms with van der Waals surface area (Å²) in [4.78, 5) is 19.3. The highest BCUT2D eigenvalue weighted by molar-refractivity contribution is 6.00. The standard InChI is InChI=1S/C24H21F3N2O2/c25-16-5-7-17(8-6-16)29-13-20-18(23(29)30)9-10-28-22(20)19-3-1-2-4-21(19)31-14-15-11-24(26,27)12-15/h1-7,9-10,15,17H,8,11-14H2. The number of ether oxygens (including phenoxy) is 1. The zero-order valence-corrected chi connectivity index (χ0v) is 16.7. The molecule has 160 valence electrons. The van der Waals surface area contributed by atoms with Gasteiger partial charge in [0, 0.05) is 48.2 Å². The molecular weight excluding hydrogens is 405 g/mol. The number of carbonyl (C=O) groups is 1. The average molecular weight is 426 g/mol. The molecule has 2 aliphatic carbocycles. The second-order valence-corrected chi connectivity index (χ2v) is 8.31. The summed E-state index contributed by atoms with van der Waals surface area (Å²) < 4.78 is 45.5. The Labute approximate surface area is 178 Å². The van der Waals surface area contributed by atoms with E-state index in [1.54, 1.807) is 29.3 Å². The lowest BCUT2D eigenvalue weighted by Gasteiger charge is -2.34. The third-order valence-corrected chi connectivity index (χ3v) is 6.10. The van der Waals surface area contributed by atoms with Gasteiger partial charge in [-0.3, -0.25) is 9.78 Å². The predicted molar refractivity (Wildman–Crippen MR) is 109 cm³/mol. The fourth-order valence-corrected chi connectivity index (χ4v) is 4.46. The molecule has 3 aliphatic rings. The van der Waals surface area contributed by atoms with Gasteiger partial charge in [-0.25, -0.2) is 13.2 Å². The van der Waals surface area contributed by atoms with Crippen LogP contribution < -0.4 is 4.74 Å². The van der Waals surface area contributed by atoms with Crippen molar-refractivity contribution in [2.75, 3.05) is 6.61 Å². The van der Waals surface area contributed by atoms with Gasteiger partial charge in [-0.2, -0.15) is 0 Å². The summed E-state index contributed by atoms with van der Waals surface area (Å²) in [6, 6.07) is 8.82. The number of carbonyl (C=O) groups excluding carboxylic acids is 1. The number of hydrogen-bond acceptors (Lipinski definition) is 3. The van der Waals surface area contributed by atoms with E-state index in [9.17, 15) is 18.0 Å². The highest BCUT2D eigenvalue weighted by Gasteiger charge is 2.45. The summed E-state index contributed by atoms with van der Waals surface area (Å²) in [5.74, 6) is -2.59. The molecule has 1 fully saturated rings. The molecule has 0 spiro atoms. The van der Waals surface area contributed by atoms with Crippen LogP contribution in [0.1, 0.15) is 35.2 Å². The second kappa shape index (κ2) is 7.55. The van der Waals surface area contributed by atoms with Gasteiger partial charge in [0.25, 0.3) is 5.91 Å². The highest BCUT2D eigenvalue weighted by atomic mass is 19.3. The number of fused-ring (bicyclic) bond motifs is 1. The number of amides is 1. The first-order chi connectivity index (χ1) is 14.9. The number of allylic oxidation sites excluding steroid dienone is 2. The first kappa shape index (κ1) is 19.8. The first-order valence-electron chi connectivity index (χ1n) is 10.3. The van der Waals surface area contributed by atoms with Gasteiger partial charge in [-0.1, -0.05) is 18.2 Å². The summed E-state index contributed by atoms with van der Waals surface area (Å²) in [7, 11) is 0. The molecule has 1 unspecified atom stereocenters. The van der Waals surface area contributed by atoms with E-state index in [4.69, 9.17) is 4.74 Å². The van der Waals surface area contributed by atoms with E-state index in [2.05, 4.69) is 4.98 Å². The Kier molecular flexibility index (Phi) is 4.84. The minimum Gasteiger partial charge on any atom is -0.493 e. The number of pyridine rings is 1. The summed E-state index contributed by atoms with van der Waals surface area (Å²) in [5, 5.41) is 0. The van der Waals surface area contributed by atoms with Crippen LogP contribution >= 0.6 is 0 Å². The Balaban J connectivity index is 1.40. The quantitative estimate of drug-likeness (QED) is 0.651. The predicted octanol–water partition coefficient (Wildman–Crippen LogP) is 5.31. The van der Waals surface area contributed by atoms with E-state index >= 15 is 0 Å². The molecule has 1 atom stereocenters. The molecule has 1 aromatic heterocycles. The normalized spacial score (nSPS) is 22.2. The molecule has 1 aromatic carbocycles. The van der Waals surface area contributed by atoms with Crippen LogP contribution in [-0.4, -0.2) is 34.4 Å². The number of nitrogens with zero attached hydrogens (tertiary/aromatic N) is 2. The summed E-state index contributed by atoms with van der Waals surface area (Å²) in [5.41, 5.74) is 2.73. The van der Waals surface area contributed by atoms with Crippen molar-refractivity contribution in [1.82, 2.24) is 9.88 Å². The molecule has 4 nitrogen and oxygen atoms in total. The van der Waals surface area contributed by atoms with Crippen LogP contribution in [0.5, 0.6) is 5.75 Å². The Morgan fingerprint density at radius 1 is 1.16 bits per heavy atom. The van der Waals surface area contributed by atoms with Gasteiger partial charge in [0.1, 0.15) is 11.6 Å².